The minimum absolute atomic E-state index is 0.218. The Balaban J connectivity index is 2.24. The molecule has 0 spiro atoms. The van der Waals surface area contributed by atoms with Crippen molar-refractivity contribution >= 4 is 40.7 Å². The lowest BCUT2D eigenvalue weighted by atomic mass is 10.2. The number of carbonyl (C=O) groups excluding carboxylic acids is 1. The fraction of sp³-hybridized carbons (Fsp3) is 0.0909. The van der Waals surface area contributed by atoms with Gasteiger partial charge in [0, 0.05) is 11.6 Å². The van der Waals surface area contributed by atoms with E-state index >= 15 is 0 Å². The molecule has 5 nitrogen and oxygen atoms in total. The molecule has 2 aromatic rings. The molecule has 18 heavy (non-hydrogen) atoms. The Morgan fingerprint density at radius 1 is 1.39 bits per heavy atom. The maximum atomic E-state index is 11.9. The maximum Gasteiger partial charge on any atom is 0.258 e. The Bertz CT molecular complexity index is 587. The van der Waals surface area contributed by atoms with E-state index in [1.807, 2.05) is 0 Å². The number of aromatic nitrogens is 1. The number of anilines is 2. The summed E-state index contributed by atoms with van der Waals surface area (Å²) in [7, 11) is 0. The smallest absolute Gasteiger partial charge is 0.258 e. The van der Waals surface area contributed by atoms with E-state index in [9.17, 15) is 4.79 Å². The molecule has 1 aromatic heterocycles. The molecule has 7 heteroatoms. The van der Waals surface area contributed by atoms with Gasteiger partial charge in [0.05, 0.1) is 21.4 Å². The summed E-state index contributed by atoms with van der Waals surface area (Å²) < 4.78 is 4.87. The van der Waals surface area contributed by atoms with Crippen LogP contribution in [0.4, 0.5) is 11.6 Å². The Morgan fingerprint density at radius 3 is 2.67 bits per heavy atom. The van der Waals surface area contributed by atoms with Gasteiger partial charge in [0.2, 0.25) is 5.88 Å². The Morgan fingerprint density at radius 2 is 2.11 bits per heavy atom. The van der Waals surface area contributed by atoms with Gasteiger partial charge in [0.25, 0.3) is 5.91 Å². The predicted octanol–water partition coefficient (Wildman–Crippen LogP) is 3.12. The Labute approximate surface area is 113 Å². The lowest BCUT2D eigenvalue weighted by Gasteiger charge is -2.05. The minimum Gasteiger partial charge on any atom is -0.397 e. The van der Waals surface area contributed by atoms with Crippen LogP contribution in [-0.4, -0.2) is 11.1 Å². The van der Waals surface area contributed by atoms with Gasteiger partial charge >= 0.3 is 0 Å². The van der Waals surface area contributed by atoms with Crippen LogP contribution in [0.1, 0.15) is 16.1 Å². The van der Waals surface area contributed by atoms with Crippen molar-refractivity contribution in [2.45, 2.75) is 6.92 Å². The molecule has 3 N–H and O–H groups in total. The molecule has 0 aliphatic heterocycles. The van der Waals surface area contributed by atoms with Crippen LogP contribution >= 0.6 is 23.2 Å². The molecule has 0 unspecified atom stereocenters. The van der Waals surface area contributed by atoms with Crippen LogP contribution in [0.15, 0.2) is 22.7 Å². The SMILES string of the molecule is Cc1cc(NC(=O)c2cc(N)c(Cl)c(Cl)c2)on1. The summed E-state index contributed by atoms with van der Waals surface area (Å²) in [5, 5.41) is 6.62. The molecule has 0 atom stereocenters. The number of halogens is 2. The first-order valence-corrected chi connectivity index (χ1v) is 5.72. The number of amides is 1. The van der Waals surface area contributed by atoms with Crippen molar-refractivity contribution in [1.29, 1.82) is 0 Å². The van der Waals surface area contributed by atoms with Crippen LogP contribution in [0, 0.1) is 6.92 Å². The second-order valence-electron chi connectivity index (χ2n) is 3.65. The first kappa shape index (κ1) is 12.7. The minimum atomic E-state index is -0.406. The number of nitrogen functional groups attached to an aromatic ring is 1. The van der Waals surface area contributed by atoms with Crippen molar-refractivity contribution in [3.05, 3.63) is 39.5 Å². The Kier molecular flexibility index (Phi) is 3.45. The van der Waals surface area contributed by atoms with E-state index in [2.05, 4.69) is 10.5 Å². The molecule has 94 valence electrons. The predicted molar refractivity (Wildman–Crippen MR) is 70.1 cm³/mol. The van der Waals surface area contributed by atoms with Crippen molar-refractivity contribution in [1.82, 2.24) is 5.16 Å². The summed E-state index contributed by atoms with van der Waals surface area (Å²) in [5.41, 5.74) is 6.82. The molecule has 0 fully saturated rings. The van der Waals surface area contributed by atoms with Gasteiger partial charge in [-0.05, 0) is 19.1 Å². The van der Waals surface area contributed by atoms with Crippen LogP contribution in [0.5, 0.6) is 0 Å². The number of carbonyl (C=O) groups is 1. The van der Waals surface area contributed by atoms with Crippen LogP contribution in [0.3, 0.4) is 0 Å². The zero-order valence-electron chi connectivity index (χ0n) is 9.33. The van der Waals surface area contributed by atoms with Gasteiger partial charge < -0.3 is 10.3 Å². The Hall–Kier alpha value is -1.72. The number of nitrogens with one attached hydrogen (secondary N) is 1. The van der Waals surface area contributed by atoms with Crippen molar-refractivity contribution in [2.24, 2.45) is 0 Å². The highest BCUT2D eigenvalue weighted by molar-refractivity contribution is 6.43. The number of nitrogens with two attached hydrogens (primary N) is 1. The lowest BCUT2D eigenvalue weighted by molar-refractivity contribution is 0.102. The van der Waals surface area contributed by atoms with E-state index in [4.69, 9.17) is 33.5 Å². The van der Waals surface area contributed by atoms with E-state index in [0.717, 1.165) is 0 Å². The van der Waals surface area contributed by atoms with Gasteiger partial charge in [-0.25, -0.2) is 0 Å². The molecular formula is C11H9Cl2N3O2. The van der Waals surface area contributed by atoms with Gasteiger partial charge in [0.15, 0.2) is 0 Å². The summed E-state index contributed by atoms with van der Waals surface area (Å²) in [4.78, 5) is 11.9. The van der Waals surface area contributed by atoms with E-state index in [1.54, 1.807) is 13.0 Å². The average Bonchev–Trinajstić information content (AvgIpc) is 2.71. The molecule has 0 aliphatic rings. The standard InChI is InChI=1S/C11H9Cl2N3O2/c1-5-2-9(18-16-5)15-11(17)6-3-7(12)10(13)8(14)4-6/h2-4H,14H2,1H3,(H,15,17). The van der Waals surface area contributed by atoms with Crippen LogP contribution in [-0.2, 0) is 0 Å². The topological polar surface area (TPSA) is 81.2 Å². The molecular weight excluding hydrogens is 277 g/mol. The third kappa shape index (κ3) is 2.57. The average molecular weight is 286 g/mol. The first-order valence-electron chi connectivity index (χ1n) is 4.96. The van der Waals surface area contributed by atoms with Crippen LogP contribution in [0.2, 0.25) is 10.0 Å². The van der Waals surface area contributed by atoms with Crippen molar-refractivity contribution in [3.8, 4) is 0 Å². The maximum absolute atomic E-state index is 11.9. The molecule has 0 aliphatic carbocycles. The highest BCUT2D eigenvalue weighted by atomic mass is 35.5. The molecule has 0 saturated carbocycles. The zero-order chi connectivity index (χ0) is 13.3. The zero-order valence-corrected chi connectivity index (χ0v) is 10.8. The molecule has 0 radical (unpaired) electrons. The normalized spacial score (nSPS) is 10.4. The number of benzene rings is 1. The molecule has 2 rings (SSSR count). The van der Waals surface area contributed by atoms with Gasteiger partial charge in [-0.2, -0.15) is 0 Å². The molecule has 0 saturated heterocycles. The fourth-order valence-electron chi connectivity index (χ4n) is 1.35. The number of hydrogen-bond acceptors (Lipinski definition) is 4. The molecule has 1 amide bonds. The van der Waals surface area contributed by atoms with E-state index in [1.165, 1.54) is 12.1 Å². The highest BCUT2D eigenvalue weighted by Gasteiger charge is 2.13. The first-order chi connectivity index (χ1) is 8.47. The molecule has 0 bridgehead atoms. The van der Waals surface area contributed by atoms with Crippen molar-refractivity contribution in [2.75, 3.05) is 11.1 Å². The van der Waals surface area contributed by atoms with Crippen molar-refractivity contribution < 1.29 is 9.32 Å². The molecule has 1 aromatic carbocycles. The number of rotatable bonds is 2. The van der Waals surface area contributed by atoms with E-state index in [0.29, 0.717) is 5.69 Å². The number of nitrogens with zero attached hydrogens (tertiary/aromatic N) is 1. The van der Waals surface area contributed by atoms with Gasteiger partial charge in [-0.1, -0.05) is 28.4 Å². The second kappa shape index (κ2) is 4.88. The number of hydrogen-bond donors (Lipinski definition) is 2. The summed E-state index contributed by atoms with van der Waals surface area (Å²) in [6.45, 7) is 1.75. The third-order valence-electron chi connectivity index (χ3n) is 2.18. The quantitative estimate of drug-likeness (QED) is 0.831. The van der Waals surface area contributed by atoms with E-state index in [-0.39, 0.29) is 27.2 Å². The summed E-state index contributed by atoms with van der Waals surface area (Å²) in [6.07, 6.45) is 0. The lowest BCUT2D eigenvalue weighted by Crippen LogP contribution is -2.11. The fourth-order valence-corrected chi connectivity index (χ4v) is 1.68. The number of aryl methyl sites for hydroxylation is 1. The monoisotopic (exact) mass is 285 g/mol. The van der Waals surface area contributed by atoms with Gasteiger partial charge in [-0.3, -0.25) is 10.1 Å². The summed E-state index contributed by atoms with van der Waals surface area (Å²) in [6, 6.07) is 4.46. The third-order valence-corrected chi connectivity index (χ3v) is 3.00. The molecule has 1 heterocycles. The highest BCUT2D eigenvalue weighted by Crippen LogP contribution is 2.29. The largest absolute Gasteiger partial charge is 0.397 e. The van der Waals surface area contributed by atoms with Crippen molar-refractivity contribution in [3.63, 3.8) is 0 Å². The van der Waals surface area contributed by atoms with Gasteiger partial charge in [0.1, 0.15) is 0 Å². The van der Waals surface area contributed by atoms with Gasteiger partial charge in [-0.15, -0.1) is 0 Å². The van der Waals surface area contributed by atoms with Crippen LogP contribution < -0.4 is 11.1 Å². The van der Waals surface area contributed by atoms with E-state index < -0.39 is 5.91 Å². The second-order valence-corrected chi connectivity index (χ2v) is 4.43. The van der Waals surface area contributed by atoms with Crippen LogP contribution in [0.25, 0.3) is 0 Å². The summed E-state index contributed by atoms with van der Waals surface area (Å²) >= 11 is 11.6. The summed E-state index contributed by atoms with van der Waals surface area (Å²) in [5.74, 6) is -0.154.